The fraction of sp³-hybridized carbons (Fsp3) is 0.400. The van der Waals surface area contributed by atoms with E-state index in [1.807, 2.05) is 37.6 Å². The van der Waals surface area contributed by atoms with Crippen molar-refractivity contribution >= 4 is 5.91 Å². The van der Waals surface area contributed by atoms with Gasteiger partial charge in [-0.2, -0.15) is 15.6 Å². The molecular weight excluding hydrogens is 326 g/mol. The molecule has 0 saturated carbocycles. The lowest BCUT2D eigenvalue weighted by Gasteiger charge is -2.14. The first-order valence-corrected chi connectivity index (χ1v) is 8.65. The van der Waals surface area contributed by atoms with E-state index in [4.69, 9.17) is 10.5 Å². The van der Waals surface area contributed by atoms with Crippen LogP contribution in [-0.4, -0.2) is 15.7 Å². The highest BCUT2D eigenvalue weighted by Crippen LogP contribution is 2.17. The Morgan fingerprint density at radius 1 is 1.27 bits per heavy atom. The van der Waals surface area contributed by atoms with E-state index in [2.05, 4.69) is 22.6 Å². The average molecular weight is 349 g/mol. The van der Waals surface area contributed by atoms with Crippen molar-refractivity contribution in [1.82, 2.24) is 15.1 Å². The zero-order valence-corrected chi connectivity index (χ0v) is 15.4. The molecule has 0 aliphatic rings. The van der Waals surface area contributed by atoms with Gasteiger partial charge in [0.05, 0.1) is 42.4 Å². The second-order valence-corrected chi connectivity index (χ2v) is 6.30. The first-order chi connectivity index (χ1) is 12.5. The lowest BCUT2D eigenvalue weighted by molar-refractivity contribution is -0.121. The van der Waals surface area contributed by atoms with Crippen molar-refractivity contribution in [1.29, 1.82) is 10.5 Å². The number of carbonyl (C=O) groups is 1. The Morgan fingerprint density at radius 2 is 1.96 bits per heavy atom. The Hall–Kier alpha value is -3.12. The normalized spacial score (nSPS) is 11.4. The van der Waals surface area contributed by atoms with Gasteiger partial charge in [0.1, 0.15) is 0 Å². The minimum Gasteiger partial charge on any atom is -0.350 e. The minimum absolute atomic E-state index is 0.0227. The molecule has 2 rings (SSSR count). The van der Waals surface area contributed by atoms with Crippen LogP contribution in [0.4, 0.5) is 0 Å². The Balaban J connectivity index is 1.93. The van der Waals surface area contributed by atoms with Gasteiger partial charge in [-0.1, -0.05) is 12.1 Å². The van der Waals surface area contributed by atoms with Gasteiger partial charge in [-0.15, -0.1) is 0 Å². The zero-order valence-electron chi connectivity index (χ0n) is 15.4. The van der Waals surface area contributed by atoms with E-state index in [0.717, 1.165) is 22.5 Å². The molecule has 1 aromatic carbocycles. The molecule has 0 spiro atoms. The van der Waals surface area contributed by atoms with Crippen LogP contribution < -0.4 is 5.32 Å². The Bertz CT molecular complexity index is 852. The van der Waals surface area contributed by atoms with Crippen molar-refractivity contribution in [3.63, 3.8) is 0 Å². The first-order valence-electron chi connectivity index (χ1n) is 8.65. The number of nitriles is 2. The Labute approximate surface area is 154 Å². The SMILES string of the molecule is Cc1nn(CCC#N)c(C)c1CCC(=O)NC(C)c1ccc(C#N)cc1. The molecule has 1 atom stereocenters. The Kier molecular flexibility index (Phi) is 6.52. The summed E-state index contributed by atoms with van der Waals surface area (Å²) in [5, 5.41) is 25.0. The average Bonchev–Trinajstić information content (AvgIpc) is 2.91. The van der Waals surface area contributed by atoms with Crippen LogP contribution in [0, 0.1) is 36.5 Å². The van der Waals surface area contributed by atoms with E-state index in [-0.39, 0.29) is 11.9 Å². The third kappa shape index (κ3) is 4.70. The summed E-state index contributed by atoms with van der Waals surface area (Å²) in [5.41, 5.74) is 4.57. The van der Waals surface area contributed by atoms with Crippen LogP contribution in [0.2, 0.25) is 0 Å². The first kappa shape index (κ1) is 19.2. The second kappa shape index (κ2) is 8.82. The molecule has 1 aromatic heterocycles. The van der Waals surface area contributed by atoms with E-state index >= 15 is 0 Å². The standard InChI is InChI=1S/C20H23N5O/c1-14(18-7-5-17(13-22)6-8-18)23-20(26)10-9-19-15(2)24-25(16(19)3)12-4-11-21/h5-8,14H,4,9-10,12H2,1-3H3,(H,23,26). The van der Waals surface area contributed by atoms with E-state index in [9.17, 15) is 4.79 Å². The van der Waals surface area contributed by atoms with Gasteiger partial charge in [0, 0.05) is 12.1 Å². The van der Waals surface area contributed by atoms with Crippen LogP contribution in [0.1, 0.15) is 53.9 Å². The summed E-state index contributed by atoms with van der Waals surface area (Å²) in [6, 6.07) is 11.3. The predicted octanol–water partition coefficient (Wildman–Crippen LogP) is 3.10. The second-order valence-electron chi connectivity index (χ2n) is 6.30. The van der Waals surface area contributed by atoms with Crippen molar-refractivity contribution in [2.24, 2.45) is 0 Å². The summed E-state index contributed by atoms with van der Waals surface area (Å²) >= 11 is 0. The van der Waals surface area contributed by atoms with Crippen LogP contribution in [0.5, 0.6) is 0 Å². The molecule has 1 unspecified atom stereocenters. The number of hydrogen-bond donors (Lipinski definition) is 1. The van der Waals surface area contributed by atoms with Gasteiger partial charge in [0.15, 0.2) is 0 Å². The summed E-state index contributed by atoms with van der Waals surface area (Å²) in [5.74, 6) is -0.0227. The van der Waals surface area contributed by atoms with E-state index in [1.165, 1.54) is 0 Å². The van der Waals surface area contributed by atoms with Crippen LogP contribution in [0.25, 0.3) is 0 Å². The zero-order chi connectivity index (χ0) is 19.1. The van der Waals surface area contributed by atoms with Crippen molar-refractivity contribution in [3.05, 3.63) is 52.3 Å². The van der Waals surface area contributed by atoms with Gasteiger partial charge in [-0.25, -0.2) is 0 Å². The smallest absolute Gasteiger partial charge is 0.220 e. The number of hydrogen-bond acceptors (Lipinski definition) is 4. The highest BCUT2D eigenvalue weighted by atomic mass is 16.1. The lowest BCUT2D eigenvalue weighted by Crippen LogP contribution is -2.26. The molecule has 0 aliphatic heterocycles. The number of aromatic nitrogens is 2. The molecule has 26 heavy (non-hydrogen) atoms. The molecule has 0 saturated heterocycles. The molecule has 6 nitrogen and oxygen atoms in total. The molecule has 1 N–H and O–H groups in total. The van der Waals surface area contributed by atoms with Crippen molar-refractivity contribution in [2.75, 3.05) is 0 Å². The number of carbonyl (C=O) groups excluding carboxylic acids is 1. The molecule has 6 heteroatoms. The fourth-order valence-corrected chi connectivity index (χ4v) is 2.95. The monoisotopic (exact) mass is 349 g/mol. The Morgan fingerprint density at radius 3 is 2.58 bits per heavy atom. The van der Waals surface area contributed by atoms with Crippen molar-refractivity contribution in [2.45, 2.75) is 52.6 Å². The number of nitrogens with zero attached hydrogens (tertiary/aromatic N) is 4. The van der Waals surface area contributed by atoms with Crippen molar-refractivity contribution in [3.8, 4) is 12.1 Å². The number of nitrogens with one attached hydrogen (secondary N) is 1. The molecule has 134 valence electrons. The number of benzene rings is 1. The fourth-order valence-electron chi connectivity index (χ4n) is 2.95. The molecule has 1 amide bonds. The quantitative estimate of drug-likeness (QED) is 0.831. The largest absolute Gasteiger partial charge is 0.350 e. The summed E-state index contributed by atoms with van der Waals surface area (Å²) in [7, 11) is 0. The van der Waals surface area contributed by atoms with E-state index < -0.39 is 0 Å². The summed E-state index contributed by atoms with van der Waals surface area (Å²) in [6.07, 6.45) is 1.42. The van der Waals surface area contributed by atoms with Crippen LogP contribution in [-0.2, 0) is 17.8 Å². The van der Waals surface area contributed by atoms with Crippen LogP contribution in [0.15, 0.2) is 24.3 Å². The highest BCUT2D eigenvalue weighted by Gasteiger charge is 2.14. The third-order valence-corrected chi connectivity index (χ3v) is 4.49. The van der Waals surface area contributed by atoms with Crippen LogP contribution in [0.3, 0.4) is 0 Å². The summed E-state index contributed by atoms with van der Waals surface area (Å²) in [6.45, 7) is 6.41. The molecule has 2 aromatic rings. The molecule has 0 aliphatic carbocycles. The number of amides is 1. The van der Waals surface area contributed by atoms with Gasteiger partial charge in [-0.3, -0.25) is 9.48 Å². The van der Waals surface area contributed by atoms with Gasteiger partial charge in [0.25, 0.3) is 0 Å². The molecule has 0 fully saturated rings. The van der Waals surface area contributed by atoms with Gasteiger partial charge in [-0.05, 0) is 50.5 Å². The number of rotatable bonds is 7. The van der Waals surface area contributed by atoms with E-state index in [0.29, 0.717) is 31.4 Å². The molecular formula is C20H23N5O. The highest BCUT2D eigenvalue weighted by molar-refractivity contribution is 5.76. The van der Waals surface area contributed by atoms with Gasteiger partial charge < -0.3 is 5.32 Å². The topological polar surface area (TPSA) is 94.5 Å². The maximum absolute atomic E-state index is 12.3. The van der Waals surface area contributed by atoms with Gasteiger partial charge >= 0.3 is 0 Å². The van der Waals surface area contributed by atoms with Crippen LogP contribution >= 0.6 is 0 Å². The summed E-state index contributed by atoms with van der Waals surface area (Å²) < 4.78 is 1.84. The predicted molar refractivity (Wildman–Crippen MR) is 98.0 cm³/mol. The molecule has 1 heterocycles. The third-order valence-electron chi connectivity index (χ3n) is 4.49. The molecule has 0 radical (unpaired) electrons. The van der Waals surface area contributed by atoms with Crippen molar-refractivity contribution < 1.29 is 4.79 Å². The molecule has 0 bridgehead atoms. The number of aryl methyl sites for hydroxylation is 2. The lowest BCUT2D eigenvalue weighted by atomic mass is 10.0. The maximum atomic E-state index is 12.3. The summed E-state index contributed by atoms with van der Waals surface area (Å²) in [4.78, 5) is 12.3. The van der Waals surface area contributed by atoms with E-state index in [1.54, 1.807) is 12.1 Å². The maximum Gasteiger partial charge on any atom is 0.220 e. The van der Waals surface area contributed by atoms with Gasteiger partial charge in [0.2, 0.25) is 5.91 Å². The minimum atomic E-state index is -0.115.